The molecule has 94 valence electrons. The van der Waals surface area contributed by atoms with Crippen LogP contribution < -0.4 is 11.3 Å². The molecular weight excluding hydrogens is 234 g/mol. The van der Waals surface area contributed by atoms with E-state index in [1.54, 1.807) is 17.8 Å². The molecule has 0 aromatic carbocycles. The highest BCUT2D eigenvalue weighted by Crippen LogP contribution is 2.32. The van der Waals surface area contributed by atoms with E-state index in [1.807, 2.05) is 0 Å². The fourth-order valence-electron chi connectivity index (χ4n) is 2.16. The van der Waals surface area contributed by atoms with Crippen LogP contribution in [0.5, 0.6) is 0 Å². The molecule has 2 rings (SSSR count). The van der Waals surface area contributed by atoms with Crippen LogP contribution >= 0.6 is 11.8 Å². The lowest BCUT2D eigenvalue weighted by atomic mass is 10.2. The van der Waals surface area contributed by atoms with Gasteiger partial charge in [-0.25, -0.2) is 4.98 Å². The Kier molecular flexibility index (Phi) is 4.23. The number of nitrogens with zero attached hydrogens (tertiary/aromatic N) is 1. The lowest BCUT2D eigenvalue weighted by molar-refractivity contribution is 0.705. The van der Waals surface area contributed by atoms with Gasteiger partial charge in [-0.1, -0.05) is 25.1 Å². The van der Waals surface area contributed by atoms with Crippen LogP contribution in [0.2, 0.25) is 0 Å². The molecule has 1 fully saturated rings. The van der Waals surface area contributed by atoms with Crippen molar-refractivity contribution in [1.29, 1.82) is 0 Å². The third-order valence-electron chi connectivity index (χ3n) is 2.98. The minimum Gasteiger partial charge on any atom is -0.328 e. The highest BCUT2D eigenvalue weighted by Gasteiger charge is 2.23. The predicted octanol–water partition coefficient (Wildman–Crippen LogP) is 1.69. The van der Waals surface area contributed by atoms with Crippen molar-refractivity contribution in [1.82, 2.24) is 9.97 Å². The van der Waals surface area contributed by atoms with Crippen LogP contribution in [-0.2, 0) is 6.42 Å². The summed E-state index contributed by atoms with van der Waals surface area (Å²) in [6.45, 7) is 2.09. The summed E-state index contributed by atoms with van der Waals surface area (Å²) in [6, 6.07) is 1.91. The van der Waals surface area contributed by atoms with E-state index in [2.05, 4.69) is 16.9 Å². The second-order valence-corrected chi connectivity index (χ2v) is 5.89. The molecule has 1 aliphatic carbocycles. The van der Waals surface area contributed by atoms with Crippen molar-refractivity contribution in [3.63, 3.8) is 0 Å². The molecule has 4 nitrogen and oxygen atoms in total. The highest BCUT2D eigenvalue weighted by atomic mass is 32.2. The van der Waals surface area contributed by atoms with Crippen LogP contribution in [0, 0.1) is 0 Å². The quantitative estimate of drug-likeness (QED) is 0.801. The predicted molar refractivity (Wildman–Crippen MR) is 70.3 cm³/mol. The maximum atomic E-state index is 11.5. The molecule has 0 aliphatic heterocycles. The molecule has 1 aliphatic rings. The van der Waals surface area contributed by atoms with Crippen LogP contribution in [0.3, 0.4) is 0 Å². The van der Waals surface area contributed by atoms with Gasteiger partial charge in [0.2, 0.25) is 0 Å². The van der Waals surface area contributed by atoms with Gasteiger partial charge in [-0.05, 0) is 25.7 Å². The van der Waals surface area contributed by atoms with Gasteiger partial charge in [0.15, 0.2) is 5.16 Å². The summed E-state index contributed by atoms with van der Waals surface area (Å²) >= 11 is 1.66. The summed E-state index contributed by atoms with van der Waals surface area (Å²) in [5, 5.41) is 1.25. The number of nitrogens with two attached hydrogens (primary N) is 1. The molecule has 1 saturated carbocycles. The summed E-state index contributed by atoms with van der Waals surface area (Å²) in [4.78, 5) is 18.8. The SMILES string of the molecule is CCCc1cc(=O)[nH]c(SC2CCC(N)C2)n1. The van der Waals surface area contributed by atoms with Crippen molar-refractivity contribution >= 4 is 11.8 Å². The van der Waals surface area contributed by atoms with E-state index < -0.39 is 0 Å². The van der Waals surface area contributed by atoms with Crippen LogP contribution in [0.15, 0.2) is 16.0 Å². The molecule has 0 amide bonds. The number of nitrogens with one attached hydrogen (secondary N) is 1. The molecular formula is C12H19N3OS. The van der Waals surface area contributed by atoms with Gasteiger partial charge in [-0.15, -0.1) is 0 Å². The molecule has 0 spiro atoms. The first kappa shape index (κ1) is 12.6. The van der Waals surface area contributed by atoms with E-state index in [0.717, 1.165) is 43.0 Å². The summed E-state index contributed by atoms with van der Waals surface area (Å²) in [5.74, 6) is 0. The van der Waals surface area contributed by atoms with Crippen molar-refractivity contribution < 1.29 is 0 Å². The third kappa shape index (κ3) is 3.57. The molecule has 0 bridgehead atoms. The Morgan fingerprint density at radius 2 is 2.41 bits per heavy atom. The lowest BCUT2D eigenvalue weighted by Crippen LogP contribution is -2.16. The van der Waals surface area contributed by atoms with Crippen molar-refractivity contribution in [2.75, 3.05) is 0 Å². The van der Waals surface area contributed by atoms with Crippen LogP contribution in [0.25, 0.3) is 0 Å². The first-order valence-corrected chi connectivity index (χ1v) is 7.08. The van der Waals surface area contributed by atoms with Gasteiger partial charge < -0.3 is 10.7 Å². The van der Waals surface area contributed by atoms with Crippen molar-refractivity contribution in [2.24, 2.45) is 5.73 Å². The molecule has 17 heavy (non-hydrogen) atoms. The fourth-order valence-corrected chi connectivity index (χ4v) is 3.40. The number of hydrogen-bond acceptors (Lipinski definition) is 4. The number of aromatic nitrogens is 2. The van der Waals surface area contributed by atoms with Crippen molar-refractivity contribution in [2.45, 2.75) is 55.5 Å². The average Bonchev–Trinajstić information content (AvgIpc) is 2.63. The van der Waals surface area contributed by atoms with Crippen LogP contribution in [0.1, 0.15) is 38.3 Å². The maximum absolute atomic E-state index is 11.5. The maximum Gasteiger partial charge on any atom is 0.251 e. The van der Waals surface area contributed by atoms with Crippen LogP contribution in [0.4, 0.5) is 0 Å². The summed E-state index contributed by atoms with van der Waals surface area (Å²) < 4.78 is 0. The number of thioether (sulfide) groups is 1. The van der Waals surface area contributed by atoms with E-state index in [4.69, 9.17) is 5.73 Å². The van der Waals surface area contributed by atoms with Gasteiger partial charge in [0.1, 0.15) is 0 Å². The first-order chi connectivity index (χ1) is 8.17. The normalized spacial score (nSPS) is 24.1. The van der Waals surface area contributed by atoms with Crippen LogP contribution in [-0.4, -0.2) is 21.3 Å². The monoisotopic (exact) mass is 253 g/mol. The van der Waals surface area contributed by atoms with E-state index in [9.17, 15) is 4.79 Å². The topological polar surface area (TPSA) is 71.8 Å². The molecule has 0 saturated heterocycles. The number of aromatic amines is 1. The standard InChI is InChI=1S/C12H19N3OS/c1-2-3-9-7-11(16)15-12(14-9)17-10-5-4-8(13)6-10/h7-8,10H,2-6,13H2,1H3,(H,14,15,16). The Balaban J connectivity index is 2.07. The minimum atomic E-state index is -0.0479. The number of H-pyrrole nitrogens is 1. The average molecular weight is 253 g/mol. The molecule has 1 aromatic heterocycles. The molecule has 1 heterocycles. The van der Waals surface area contributed by atoms with Gasteiger partial charge in [0.05, 0.1) is 0 Å². The van der Waals surface area contributed by atoms with E-state index in [0.29, 0.717) is 11.3 Å². The Bertz CT molecular complexity index is 432. The highest BCUT2D eigenvalue weighted by molar-refractivity contribution is 7.99. The summed E-state index contributed by atoms with van der Waals surface area (Å²) in [5.41, 5.74) is 6.72. The minimum absolute atomic E-state index is 0.0479. The smallest absolute Gasteiger partial charge is 0.251 e. The van der Waals surface area contributed by atoms with Gasteiger partial charge in [0.25, 0.3) is 5.56 Å². The third-order valence-corrected chi connectivity index (χ3v) is 4.16. The summed E-state index contributed by atoms with van der Waals surface area (Å²) in [7, 11) is 0. The zero-order chi connectivity index (χ0) is 12.3. The number of aryl methyl sites for hydroxylation is 1. The second kappa shape index (κ2) is 5.69. The van der Waals surface area contributed by atoms with E-state index in [-0.39, 0.29) is 5.56 Å². The zero-order valence-corrected chi connectivity index (χ0v) is 10.9. The van der Waals surface area contributed by atoms with Gasteiger partial charge in [-0.2, -0.15) is 0 Å². The van der Waals surface area contributed by atoms with E-state index in [1.165, 1.54) is 0 Å². The molecule has 0 radical (unpaired) electrons. The Labute approximate surface area is 105 Å². The van der Waals surface area contributed by atoms with Gasteiger partial charge in [-0.3, -0.25) is 4.79 Å². The molecule has 3 N–H and O–H groups in total. The number of rotatable bonds is 4. The molecule has 2 unspecified atom stereocenters. The Morgan fingerprint density at radius 1 is 1.59 bits per heavy atom. The van der Waals surface area contributed by atoms with Crippen molar-refractivity contribution in [3.05, 3.63) is 22.1 Å². The lowest BCUT2D eigenvalue weighted by Gasteiger charge is -2.08. The largest absolute Gasteiger partial charge is 0.328 e. The fraction of sp³-hybridized carbons (Fsp3) is 0.667. The van der Waals surface area contributed by atoms with Gasteiger partial charge >= 0.3 is 0 Å². The van der Waals surface area contributed by atoms with Gasteiger partial charge in [0, 0.05) is 23.1 Å². The summed E-state index contributed by atoms with van der Waals surface area (Å²) in [6.07, 6.45) is 5.09. The second-order valence-electron chi connectivity index (χ2n) is 4.60. The molecule has 2 atom stereocenters. The zero-order valence-electron chi connectivity index (χ0n) is 10.1. The molecule has 5 heteroatoms. The Hall–Kier alpha value is -0.810. The Morgan fingerprint density at radius 3 is 3.06 bits per heavy atom. The van der Waals surface area contributed by atoms with E-state index >= 15 is 0 Å². The molecule has 1 aromatic rings. The number of hydrogen-bond donors (Lipinski definition) is 2. The van der Waals surface area contributed by atoms with Crippen molar-refractivity contribution in [3.8, 4) is 0 Å². The first-order valence-electron chi connectivity index (χ1n) is 6.20.